The van der Waals surface area contributed by atoms with Crippen molar-refractivity contribution in [3.8, 4) is 0 Å². The Labute approximate surface area is 167 Å². The second kappa shape index (κ2) is 10.0. The van der Waals surface area contributed by atoms with E-state index in [1.54, 1.807) is 35.4 Å². The first-order valence-electron chi connectivity index (χ1n) is 9.65. The topological polar surface area (TPSA) is 81.3 Å². The van der Waals surface area contributed by atoms with Crippen LogP contribution in [0.5, 0.6) is 0 Å². The molecule has 0 aliphatic rings. The number of benzene rings is 1. The Morgan fingerprint density at radius 2 is 2.00 bits per heavy atom. The summed E-state index contributed by atoms with van der Waals surface area (Å²) in [5.41, 5.74) is 2.09. The highest BCUT2D eigenvalue weighted by molar-refractivity contribution is 5.97. The smallest absolute Gasteiger partial charge is 0.254 e. The van der Waals surface area contributed by atoms with Crippen LogP contribution < -0.4 is 5.32 Å². The fourth-order valence-electron chi connectivity index (χ4n) is 2.69. The summed E-state index contributed by atoms with van der Waals surface area (Å²) in [6.07, 6.45) is 2.53. The fraction of sp³-hybridized carbons (Fsp3) is 0.476. The van der Waals surface area contributed by atoms with Gasteiger partial charge in [-0.05, 0) is 45.6 Å². The molecule has 152 valence electrons. The van der Waals surface area contributed by atoms with Gasteiger partial charge < -0.3 is 20.1 Å². The first-order chi connectivity index (χ1) is 13.3. The lowest BCUT2D eigenvalue weighted by Crippen LogP contribution is -2.36. The van der Waals surface area contributed by atoms with E-state index in [9.17, 15) is 9.59 Å². The fourth-order valence-corrected chi connectivity index (χ4v) is 2.69. The number of carbonyl (C=O) groups excluding carboxylic acids is 2. The Balaban J connectivity index is 2.17. The Kier molecular flexibility index (Phi) is 7.75. The van der Waals surface area contributed by atoms with Crippen molar-refractivity contribution >= 4 is 17.5 Å². The van der Waals surface area contributed by atoms with Gasteiger partial charge in [0.1, 0.15) is 5.82 Å². The predicted molar refractivity (Wildman–Crippen MR) is 111 cm³/mol. The molecule has 7 nitrogen and oxygen atoms in total. The van der Waals surface area contributed by atoms with Crippen LogP contribution >= 0.6 is 0 Å². The van der Waals surface area contributed by atoms with Gasteiger partial charge in [0.15, 0.2) is 0 Å². The van der Waals surface area contributed by atoms with Gasteiger partial charge in [0.25, 0.3) is 5.91 Å². The number of likely N-dealkylation sites (N-methyl/N-ethyl adjacent to an activating group) is 1. The molecule has 0 radical (unpaired) electrons. The molecule has 0 spiro atoms. The number of nitrogens with one attached hydrogen (secondary N) is 2. The van der Waals surface area contributed by atoms with Crippen LogP contribution in [0, 0.1) is 12.8 Å². The molecular formula is C21H31N5O2. The number of imidazole rings is 1. The SMILES string of the molecule is CCC(C)C(=O)Nc1cccc(C(=O)N(CCN(C)C)Cc2cnc(C)[nH]2)c1. The minimum absolute atomic E-state index is 0.0375. The molecule has 2 N–H and O–H groups in total. The lowest BCUT2D eigenvalue weighted by molar-refractivity contribution is -0.119. The number of hydrogen-bond acceptors (Lipinski definition) is 4. The van der Waals surface area contributed by atoms with E-state index in [0.717, 1.165) is 24.5 Å². The van der Waals surface area contributed by atoms with Gasteiger partial charge in [0, 0.05) is 30.3 Å². The second-order valence-corrected chi connectivity index (χ2v) is 7.40. The van der Waals surface area contributed by atoms with Crippen molar-refractivity contribution in [3.63, 3.8) is 0 Å². The molecule has 0 aliphatic carbocycles. The Morgan fingerprint density at radius 1 is 1.25 bits per heavy atom. The van der Waals surface area contributed by atoms with Crippen LogP contribution in [0.2, 0.25) is 0 Å². The van der Waals surface area contributed by atoms with Crippen molar-refractivity contribution in [2.45, 2.75) is 33.7 Å². The predicted octanol–water partition coefficient (Wildman–Crippen LogP) is 2.91. The number of aromatic amines is 1. The molecule has 2 rings (SSSR count). The summed E-state index contributed by atoms with van der Waals surface area (Å²) in [7, 11) is 3.96. The van der Waals surface area contributed by atoms with Gasteiger partial charge in [0.2, 0.25) is 5.91 Å². The van der Waals surface area contributed by atoms with Crippen LogP contribution in [0.15, 0.2) is 30.5 Å². The van der Waals surface area contributed by atoms with Gasteiger partial charge in [-0.2, -0.15) is 0 Å². The highest BCUT2D eigenvalue weighted by Crippen LogP contribution is 2.16. The summed E-state index contributed by atoms with van der Waals surface area (Å²) in [5, 5.41) is 2.90. The monoisotopic (exact) mass is 385 g/mol. The summed E-state index contributed by atoms with van der Waals surface area (Å²) >= 11 is 0. The minimum atomic E-state index is -0.0752. The molecule has 1 heterocycles. The van der Waals surface area contributed by atoms with E-state index in [0.29, 0.717) is 24.3 Å². The number of carbonyl (C=O) groups is 2. The average molecular weight is 386 g/mol. The number of nitrogens with zero attached hydrogens (tertiary/aromatic N) is 3. The lowest BCUT2D eigenvalue weighted by atomic mass is 10.1. The number of amides is 2. The van der Waals surface area contributed by atoms with E-state index in [2.05, 4.69) is 15.3 Å². The normalized spacial score (nSPS) is 12.1. The molecule has 0 saturated carbocycles. The molecule has 1 atom stereocenters. The molecule has 28 heavy (non-hydrogen) atoms. The molecule has 1 unspecified atom stereocenters. The number of anilines is 1. The van der Waals surface area contributed by atoms with Gasteiger partial charge in [-0.3, -0.25) is 9.59 Å². The van der Waals surface area contributed by atoms with Gasteiger partial charge in [0.05, 0.1) is 18.4 Å². The third kappa shape index (κ3) is 6.20. The summed E-state index contributed by atoms with van der Waals surface area (Å²) in [5.74, 6) is 0.641. The summed E-state index contributed by atoms with van der Waals surface area (Å²) in [4.78, 5) is 36.5. The summed E-state index contributed by atoms with van der Waals surface area (Å²) in [6, 6.07) is 7.12. The molecule has 0 aliphatic heterocycles. The number of rotatable bonds is 9. The van der Waals surface area contributed by atoms with Crippen LogP contribution in [0.1, 0.15) is 42.1 Å². The maximum absolute atomic E-state index is 13.2. The molecular weight excluding hydrogens is 354 g/mol. The molecule has 2 aromatic rings. The summed E-state index contributed by atoms with van der Waals surface area (Å²) < 4.78 is 0. The Bertz CT molecular complexity index is 800. The molecule has 2 amide bonds. The van der Waals surface area contributed by atoms with Crippen LogP contribution in [0.25, 0.3) is 0 Å². The molecule has 7 heteroatoms. The van der Waals surface area contributed by atoms with Crippen LogP contribution in [0.4, 0.5) is 5.69 Å². The third-order valence-corrected chi connectivity index (χ3v) is 4.66. The quantitative estimate of drug-likeness (QED) is 0.695. The van der Waals surface area contributed by atoms with E-state index in [1.165, 1.54) is 0 Å². The van der Waals surface area contributed by atoms with Gasteiger partial charge in [-0.15, -0.1) is 0 Å². The van der Waals surface area contributed by atoms with E-state index in [1.807, 2.05) is 39.8 Å². The van der Waals surface area contributed by atoms with Crippen LogP contribution in [-0.4, -0.2) is 58.8 Å². The number of hydrogen-bond donors (Lipinski definition) is 2. The standard InChI is InChI=1S/C21H31N5O2/c1-6-15(2)20(27)24-18-9-7-8-17(12-18)21(28)26(11-10-25(4)5)14-19-13-22-16(3)23-19/h7-9,12-13,15H,6,10-11,14H2,1-5H3,(H,22,23)(H,24,27). The van der Waals surface area contributed by atoms with E-state index in [-0.39, 0.29) is 17.7 Å². The van der Waals surface area contributed by atoms with Crippen molar-refractivity contribution < 1.29 is 9.59 Å². The molecule has 0 saturated heterocycles. The maximum atomic E-state index is 13.2. The van der Waals surface area contributed by atoms with Crippen molar-refractivity contribution in [1.29, 1.82) is 0 Å². The van der Waals surface area contributed by atoms with Crippen LogP contribution in [-0.2, 0) is 11.3 Å². The van der Waals surface area contributed by atoms with Crippen LogP contribution in [0.3, 0.4) is 0 Å². The van der Waals surface area contributed by atoms with Crippen molar-refractivity contribution in [3.05, 3.63) is 47.5 Å². The summed E-state index contributed by atoms with van der Waals surface area (Å²) in [6.45, 7) is 7.55. The molecule has 0 fully saturated rings. The third-order valence-electron chi connectivity index (χ3n) is 4.66. The first-order valence-corrected chi connectivity index (χ1v) is 9.65. The number of H-pyrrole nitrogens is 1. The Hall–Kier alpha value is -2.67. The zero-order chi connectivity index (χ0) is 20.7. The highest BCUT2D eigenvalue weighted by atomic mass is 16.2. The van der Waals surface area contributed by atoms with Gasteiger partial charge in [-0.25, -0.2) is 4.98 Å². The van der Waals surface area contributed by atoms with E-state index < -0.39 is 0 Å². The van der Waals surface area contributed by atoms with Crippen molar-refractivity contribution in [2.24, 2.45) is 5.92 Å². The highest BCUT2D eigenvalue weighted by Gasteiger charge is 2.18. The average Bonchev–Trinajstić information content (AvgIpc) is 3.08. The minimum Gasteiger partial charge on any atom is -0.345 e. The molecule has 0 bridgehead atoms. The number of aryl methyl sites for hydroxylation is 1. The van der Waals surface area contributed by atoms with Crippen molar-refractivity contribution in [1.82, 2.24) is 19.8 Å². The zero-order valence-corrected chi connectivity index (χ0v) is 17.5. The molecule has 1 aromatic carbocycles. The maximum Gasteiger partial charge on any atom is 0.254 e. The van der Waals surface area contributed by atoms with Gasteiger partial charge in [-0.1, -0.05) is 19.9 Å². The molecule has 1 aromatic heterocycles. The second-order valence-electron chi connectivity index (χ2n) is 7.40. The Morgan fingerprint density at radius 3 is 2.61 bits per heavy atom. The van der Waals surface area contributed by atoms with E-state index >= 15 is 0 Å². The van der Waals surface area contributed by atoms with Crippen molar-refractivity contribution in [2.75, 3.05) is 32.5 Å². The first kappa shape index (κ1) is 21.6. The van der Waals surface area contributed by atoms with E-state index in [4.69, 9.17) is 0 Å². The largest absolute Gasteiger partial charge is 0.345 e. The lowest BCUT2D eigenvalue weighted by Gasteiger charge is -2.24. The zero-order valence-electron chi connectivity index (χ0n) is 17.5. The van der Waals surface area contributed by atoms with Gasteiger partial charge >= 0.3 is 0 Å². The number of aromatic nitrogens is 2.